The molecule has 1 saturated carbocycles. The van der Waals surface area contributed by atoms with Gasteiger partial charge in [0.1, 0.15) is 6.04 Å². The second kappa shape index (κ2) is 6.46. The number of benzene rings is 1. The van der Waals surface area contributed by atoms with E-state index >= 15 is 0 Å². The van der Waals surface area contributed by atoms with E-state index in [9.17, 15) is 4.79 Å². The van der Waals surface area contributed by atoms with Crippen molar-refractivity contribution in [3.63, 3.8) is 0 Å². The molecule has 1 aliphatic heterocycles. The van der Waals surface area contributed by atoms with Crippen LogP contribution in [0.15, 0.2) is 22.6 Å². The van der Waals surface area contributed by atoms with Crippen LogP contribution in [0, 0.1) is 5.41 Å². The summed E-state index contributed by atoms with van der Waals surface area (Å²) in [5, 5.41) is 11.5. The Morgan fingerprint density at radius 1 is 1.31 bits per heavy atom. The van der Waals surface area contributed by atoms with E-state index in [1.165, 1.54) is 12.8 Å². The molecule has 1 saturated heterocycles. The van der Waals surface area contributed by atoms with Crippen LogP contribution >= 0.6 is 11.6 Å². The molecule has 1 atom stereocenters. The smallest absolute Gasteiger partial charge is 0.316 e. The van der Waals surface area contributed by atoms with Crippen LogP contribution in [0.3, 0.4) is 0 Å². The van der Waals surface area contributed by atoms with Crippen LogP contribution in [-0.4, -0.2) is 40.1 Å². The van der Waals surface area contributed by atoms with Gasteiger partial charge in [0.2, 0.25) is 5.91 Å². The van der Waals surface area contributed by atoms with Crippen molar-refractivity contribution >= 4 is 29.2 Å². The fraction of sp³-hybridized carbons (Fsp3) is 0.500. The van der Waals surface area contributed by atoms with Crippen molar-refractivity contribution in [1.82, 2.24) is 15.1 Å². The molecule has 0 radical (unpaired) electrons. The molecular formula is C18H22ClN5O2. The summed E-state index contributed by atoms with van der Waals surface area (Å²) in [4.78, 5) is 14.6. The highest BCUT2D eigenvalue weighted by molar-refractivity contribution is 6.31. The molecule has 3 N–H and O–H groups in total. The predicted molar refractivity (Wildman–Crippen MR) is 99.7 cm³/mol. The zero-order chi connectivity index (χ0) is 18.3. The zero-order valence-corrected chi connectivity index (χ0v) is 15.4. The lowest BCUT2D eigenvalue weighted by molar-refractivity contribution is -0.133. The Morgan fingerprint density at radius 3 is 2.69 bits per heavy atom. The van der Waals surface area contributed by atoms with Gasteiger partial charge in [-0.2, -0.15) is 0 Å². The fourth-order valence-electron chi connectivity index (χ4n) is 3.52. The Morgan fingerprint density at radius 2 is 2.04 bits per heavy atom. The van der Waals surface area contributed by atoms with Gasteiger partial charge in [-0.15, -0.1) is 5.10 Å². The summed E-state index contributed by atoms with van der Waals surface area (Å²) >= 11 is 5.91. The second-order valence-corrected chi connectivity index (χ2v) is 7.77. The average molecular weight is 376 g/mol. The van der Waals surface area contributed by atoms with Crippen LogP contribution in [-0.2, 0) is 4.79 Å². The molecule has 138 valence electrons. The number of nitrogens with zero attached hydrogens (tertiary/aromatic N) is 3. The van der Waals surface area contributed by atoms with Crippen molar-refractivity contribution < 1.29 is 9.21 Å². The Bertz CT molecular complexity index is 823. The maximum Gasteiger partial charge on any atom is 0.316 e. The summed E-state index contributed by atoms with van der Waals surface area (Å²) in [5.74, 6) is 0.348. The second-order valence-electron chi connectivity index (χ2n) is 7.34. The molecule has 8 heteroatoms. The lowest BCUT2D eigenvalue weighted by Gasteiger charge is -2.33. The molecule has 1 aliphatic carbocycles. The highest BCUT2D eigenvalue weighted by atomic mass is 35.5. The van der Waals surface area contributed by atoms with E-state index in [0.29, 0.717) is 21.7 Å². The molecule has 2 aliphatic rings. The third kappa shape index (κ3) is 3.35. The number of carbonyl (C=O) groups is 1. The number of nitrogens with two attached hydrogens (primary N) is 1. The number of aromatic nitrogens is 2. The normalized spacial score (nSPS) is 19.4. The highest BCUT2D eigenvalue weighted by Gasteiger charge is 2.45. The summed E-state index contributed by atoms with van der Waals surface area (Å²) in [6, 6.07) is 4.83. The lowest BCUT2D eigenvalue weighted by atomic mass is 9.93. The minimum atomic E-state index is -0.431. The molecule has 4 rings (SSSR count). The summed E-state index contributed by atoms with van der Waals surface area (Å²) in [5.41, 5.74) is 7.56. The standard InChI is InChI=1S/C18H22ClN5O2/c1-11(16(25)24-8-6-18(4-5-18)7-9-24)21-17-23-22-15(26-17)13-3-2-12(19)10-14(13)20/h2-3,10-11H,4-9,20H2,1H3,(H,21,23)/t11-/m1/s1. The Labute approximate surface area is 156 Å². The van der Waals surface area contributed by atoms with E-state index in [-0.39, 0.29) is 17.8 Å². The van der Waals surface area contributed by atoms with Gasteiger partial charge in [-0.05, 0) is 56.2 Å². The number of nitrogen functional groups attached to an aromatic ring is 1. The third-order valence-electron chi connectivity index (χ3n) is 5.47. The first-order valence-electron chi connectivity index (χ1n) is 8.90. The maximum atomic E-state index is 12.6. The third-order valence-corrected chi connectivity index (χ3v) is 5.71. The van der Waals surface area contributed by atoms with Gasteiger partial charge in [0.15, 0.2) is 0 Å². The number of halogens is 1. The molecule has 7 nitrogen and oxygen atoms in total. The van der Waals surface area contributed by atoms with Gasteiger partial charge in [-0.25, -0.2) is 0 Å². The number of nitrogens with one attached hydrogen (secondary N) is 1. The summed E-state index contributed by atoms with van der Waals surface area (Å²) in [6.07, 6.45) is 4.88. The van der Waals surface area contributed by atoms with Crippen LogP contribution in [0.25, 0.3) is 11.5 Å². The number of likely N-dealkylation sites (tertiary alicyclic amines) is 1. The van der Waals surface area contributed by atoms with Crippen molar-refractivity contribution in [1.29, 1.82) is 0 Å². The zero-order valence-electron chi connectivity index (χ0n) is 14.7. The van der Waals surface area contributed by atoms with Gasteiger partial charge < -0.3 is 20.4 Å². The van der Waals surface area contributed by atoms with Crippen molar-refractivity contribution in [3.05, 3.63) is 23.2 Å². The molecule has 1 aromatic carbocycles. The Hall–Kier alpha value is -2.28. The van der Waals surface area contributed by atoms with Crippen LogP contribution < -0.4 is 11.1 Å². The quantitative estimate of drug-likeness (QED) is 0.796. The number of anilines is 2. The molecule has 2 heterocycles. The number of piperidine rings is 1. The van der Waals surface area contributed by atoms with E-state index in [1.807, 2.05) is 11.8 Å². The van der Waals surface area contributed by atoms with Crippen LogP contribution in [0.1, 0.15) is 32.6 Å². The predicted octanol–water partition coefficient (Wildman–Crippen LogP) is 3.18. The van der Waals surface area contributed by atoms with E-state index in [2.05, 4.69) is 15.5 Å². The van der Waals surface area contributed by atoms with E-state index in [0.717, 1.165) is 25.9 Å². The van der Waals surface area contributed by atoms with Crippen molar-refractivity contribution in [2.45, 2.75) is 38.6 Å². The molecule has 2 fully saturated rings. The van der Waals surface area contributed by atoms with E-state index in [4.69, 9.17) is 21.8 Å². The number of hydrogen-bond acceptors (Lipinski definition) is 6. The first-order chi connectivity index (χ1) is 12.5. The van der Waals surface area contributed by atoms with Gasteiger partial charge in [0, 0.05) is 23.8 Å². The maximum absolute atomic E-state index is 12.6. The molecule has 2 aromatic rings. The fourth-order valence-corrected chi connectivity index (χ4v) is 3.70. The molecule has 0 unspecified atom stereocenters. The van der Waals surface area contributed by atoms with Gasteiger partial charge in [-0.3, -0.25) is 4.79 Å². The van der Waals surface area contributed by atoms with Crippen molar-refractivity contribution in [3.8, 4) is 11.5 Å². The number of amides is 1. The number of rotatable bonds is 4. The van der Waals surface area contributed by atoms with Crippen LogP contribution in [0.2, 0.25) is 5.02 Å². The van der Waals surface area contributed by atoms with Crippen molar-refractivity contribution in [2.24, 2.45) is 5.41 Å². The van der Waals surface area contributed by atoms with Crippen molar-refractivity contribution in [2.75, 3.05) is 24.1 Å². The minimum absolute atomic E-state index is 0.0613. The Balaban J connectivity index is 1.39. The first-order valence-corrected chi connectivity index (χ1v) is 9.28. The number of carbonyl (C=O) groups excluding carboxylic acids is 1. The van der Waals surface area contributed by atoms with E-state index < -0.39 is 6.04 Å². The molecule has 26 heavy (non-hydrogen) atoms. The summed E-state index contributed by atoms with van der Waals surface area (Å²) in [7, 11) is 0. The van der Waals surface area contributed by atoms with Gasteiger partial charge in [-0.1, -0.05) is 16.7 Å². The number of hydrogen-bond donors (Lipinski definition) is 2. The topological polar surface area (TPSA) is 97.3 Å². The largest absolute Gasteiger partial charge is 0.403 e. The molecule has 1 spiro atoms. The average Bonchev–Trinajstić information content (AvgIpc) is 3.21. The van der Waals surface area contributed by atoms with Gasteiger partial charge in [0.05, 0.1) is 5.56 Å². The monoisotopic (exact) mass is 375 g/mol. The van der Waals surface area contributed by atoms with E-state index in [1.54, 1.807) is 18.2 Å². The minimum Gasteiger partial charge on any atom is -0.403 e. The summed E-state index contributed by atoms with van der Waals surface area (Å²) in [6.45, 7) is 3.48. The van der Waals surface area contributed by atoms with Crippen LogP contribution in [0.4, 0.5) is 11.7 Å². The lowest BCUT2D eigenvalue weighted by Crippen LogP contribution is -2.45. The van der Waals surface area contributed by atoms with Gasteiger partial charge >= 0.3 is 6.01 Å². The molecule has 0 bridgehead atoms. The Kier molecular flexibility index (Phi) is 4.26. The molecule has 1 aromatic heterocycles. The SMILES string of the molecule is C[C@@H](Nc1nnc(-c2ccc(Cl)cc2N)o1)C(=O)N1CCC2(CC1)CC2. The molecular weight excluding hydrogens is 354 g/mol. The molecule has 1 amide bonds. The van der Waals surface area contributed by atoms with Crippen LogP contribution in [0.5, 0.6) is 0 Å². The summed E-state index contributed by atoms with van der Waals surface area (Å²) < 4.78 is 5.61. The van der Waals surface area contributed by atoms with Gasteiger partial charge in [0.25, 0.3) is 5.89 Å². The highest BCUT2D eigenvalue weighted by Crippen LogP contribution is 2.53. The first kappa shape index (κ1) is 17.1.